The molecular weight excluding hydrogens is 338 g/mol. The molecule has 1 fully saturated rings. The van der Waals surface area contributed by atoms with E-state index in [2.05, 4.69) is 22.9 Å². The maximum atomic E-state index is 13.4. The van der Waals surface area contributed by atoms with Gasteiger partial charge in [0.15, 0.2) is 0 Å². The molecule has 0 aliphatic carbocycles. The zero-order valence-electron chi connectivity index (χ0n) is 11.9. The van der Waals surface area contributed by atoms with Gasteiger partial charge in [-0.25, -0.2) is 8.78 Å². The Balaban J connectivity index is 2.04. The monoisotopic (exact) mass is 354 g/mol. The number of nitrogens with zero attached hydrogens (tertiary/aromatic N) is 2. The Hall–Kier alpha value is -1.23. The number of piperidine rings is 1. The second kappa shape index (κ2) is 5.52. The minimum absolute atomic E-state index is 0.0888. The van der Waals surface area contributed by atoms with Gasteiger partial charge in [0.1, 0.15) is 0 Å². The van der Waals surface area contributed by atoms with Crippen molar-refractivity contribution in [3.63, 3.8) is 0 Å². The maximum Gasteiger partial charge on any atom is 0.251 e. The van der Waals surface area contributed by atoms with E-state index in [-0.39, 0.29) is 12.8 Å². The third-order valence-electron chi connectivity index (χ3n) is 3.99. The average Bonchev–Trinajstić information content (AvgIpc) is 2.46. The summed E-state index contributed by atoms with van der Waals surface area (Å²) in [6.07, 6.45) is 0.687. The van der Waals surface area contributed by atoms with Crippen molar-refractivity contribution in [1.29, 1.82) is 0 Å². The van der Waals surface area contributed by atoms with Crippen molar-refractivity contribution in [2.24, 2.45) is 0 Å². The van der Waals surface area contributed by atoms with Crippen LogP contribution in [0.25, 0.3) is 10.9 Å². The molecule has 2 aromatic rings. The third-order valence-corrected chi connectivity index (χ3v) is 4.45. The van der Waals surface area contributed by atoms with Gasteiger partial charge in [0.25, 0.3) is 5.92 Å². The van der Waals surface area contributed by atoms with Crippen LogP contribution >= 0.6 is 15.9 Å². The lowest BCUT2D eigenvalue weighted by Gasteiger charge is -2.34. The van der Waals surface area contributed by atoms with E-state index in [0.717, 1.165) is 33.2 Å². The Morgan fingerprint density at radius 3 is 2.62 bits per heavy atom. The molecule has 3 rings (SSSR count). The van der Waals surface area contributed by atoms with E-state index in [9.17, 15) is 8.78 Å². The minimum atomic E-state index is -2.53. The van der Waals surface area contributed by atoms with E-state index in [1.54, 1.807) is 0 Å². The van der Waals surface area contributed by atoms with E-state index in [4.69, 9.17) is 4.98 Å². The number of rotatable bonds is 2. The molecule has 0 spiro atoms. The van der Waals surface area contributed by atoms with E-state index in [1.807, 2.05) is 29.2 Å². The minimum Gasteiger partial charge on any atom is -0.369 e. The highest BCUT2D eigenvalue weighted by atomic mass is 79.9. The lowest BCUT2D eigenvalue weighted by atomic mass is 10.0. The van der Waals surface area contributed by atoms with Gasteiger partial charge < -0.3 is 4.90 Å². The number of alkyl halides is 2. The second-order valence-electron chi connectivity index (χ2n) is 5.50. The average molecular weight is 355 g/mol. The van der Waals surface area contributed by atoms with Gasteiger partial charge in [0.2, 0.25) is 0 Å². The highest BCUT2D eigenvalue weighted by Gasteiger charge is 2.34. The zero-order valence-corrected chi connectivity index (χ0v) is 13.5. The third kappa shape index (κ3) is 3.03. The van der Waals surface area contributed by atoms with Crippen LogP contribution in [-0.4, -0.2) is 24.0 Å². The molecule has 2 heterocycles. The molecule has 0 saturated carbocycles. The second-order valence-corrected chi connectivity index (χ2v) is 6.41. The smallest absolute Gasteiger partial charge is 0.251 e. The fraction of sp³-hybridized carbons (Fsp3) is 0.438. The molecule has 0 N–H and O–H groups in total. The standard InChI is InChI=1S/C16H17BrF2N2/c1-2-13-4-3-11-9-12(17)10-14(15(11)20-13)21-7-5-16(18,19)6-8-21/h3-4,9-10H,2,5-8H2,1H3. The molecule has 1 aromatic carbocycles. The fourth-order valence-corrected chi connectivity index (χ4v) is 3.20. The summed E-state index contributed by atoms with van der Waals surface area (Å²) in [6, 6.07) is 8.07. The molecule has 5 heteroatoms. The Bertz CT molecular complexity index is 663. The van der Waals surface area contributed by atoms with Crippen molar-refractivity contribution in [2.75, 3.05) is 18.0 Å². The number of pyridine rings is 1. The van der Waals surface area contributed by atoms with Gasteiger partial charge >= 0.3 is 0 Å². The first-order valence-electron chi connectivity index (χ1n) is 7.20. The number of aryl methyl sites for hydroxylation is 1. The molecule has 21 heavy (non-hydrogen) atoms. The molecule has 112 valence electrons. The van der Waals surface area contributed by atoms with Gasteiger partial charge in [-0.2, -0.15) is 0 Å². The Morgan fingerprint density at radius 2 is 1.95 bits per heavy atom. The van der Waals surface area contributed by atoms with Crippen LogP contribution < -0.4 is 4.90 Å². The van der Waals surface area contributed by atoms with Crippen molar-refractivity contribution < 1.29 is 8.78 Å². The molecular formula is C16H17BrF2N2. The SMILES string of the molecule is CCc1ccc2cc(Br)cc(N3CCC(F)(F)CC3)c2n1. The molecule has 0 atom stereocenters. The number of halogens is 3. The van der Waals surface area contributed by atoms with Gasteiger partial charge in [-0.1, -0.05) is 28.9 Å². The normalized spacial score (nSPS) is 18.2. The zero-order chi connectivity index (χ0) is 15.0. The van der Waals surface area contributed by atoms with Crippen molar-refractivity contribution in [1.82, 2.24) is 4.98 Å². The molecule has 1 aromatic heterocycles. The van der Waals surface area contributed by atoms with Gasteiger partial charge in [-0.3, -0.25) is 4.98 Å². The van der Waals surface area contributed by atoms with E-state index in [0.29, 0.717) is 13.1 Å². The number of fused-ring (bicyclic) bond motifs is 1. The molecule has 0 unspecified atom stereocenters. The molecule has 2 nitrogen and oxygen atoms in total. The van der Waals surface area contributed by atoms with Crippen LogP contribution in [0.15, 0.2) is 28.7 Å². The van der Waals surface area contributed by atoms with Crippen LogP contribution in [0.4, 0.5) is 14.5 Å². The summed E-state index contributed by atoms with van der Waals surface area (Å²) in [5.74, 6) is -2.53. The number of hydrogen-bond acceptors (Lipinski definition) is 2. The first-order valence-corrected chi connectivity index (χ1v) is 8.00. The Morgan fingerprint density at radius 1 is 1.24 bits per heavy atom. The number of hydrogen-bond donors (Lipinski definition) is 0. The van der Waals surface area contributed by atoms with Crippen LogP contribution in [-0.2, 0) is 6.42 Å². The summed E-state index contributed by atoms with van der Waals surface area (Å²) in [6.45, 7) is 2.81. The van der Waals surface area contributed by atoms with Gasteiger partial charge in [-0.15, -0.1) is 0 Å². The van der Waals surface area contributed by atoms with Crippen LogP contribution in [0.1, 0.15) is 25.5 Å². The number of aromatic nitrogens is 1. The van der Waals surface area contributed by atoms with Crippen molar-refractivity contribution in [2.45, 2.75) is 32.1 Å². The van der Waals surface area contributed by atoms with Crippen molar-refractivity contribution in [3.8, 4) is 0 Å². The summed E-state index contributed by atoms with van der Waals surface area (Å²) in [5.41, 5.74) is 2.88. The number of benzene rings is 1. The Kier molecular flexibility index (Phi) is 3.86. The molecule has 0 amide bonds. The number of anilines is 1. The molecule has 0 radical (unpaired) electrons. The lowest BCUT2D eigenvalue weighted by Crippen LogP contribution is -2.39. The predicted molar refractivity (Wildman–Crippen MR) is 85.2 cm³/mol. The quantitative estimate of drug-likeness (QED) is 0.770. The maximum absolute atomic E-state index is 13.4. The summed E-state index contributed by atoms with van der Waals surface area (Å²) in [4.78, 5) is 6.72. The first-order chi connectivity index (χ1) is 9.98. The predicted octanol–water partition coefficient (Wildman–Crippen LogP) is 4.80. The Labute approximate surface area is 131 Å². The van der Waals surface area contributed by atoms with E-state index >= 15 is 0 Å². The molecule has 1 aliphatic rings. The van der Waals surface area contributed by atoms with E-state index < -0.39 is 5.92 Å². The van der Waals surface area contributed by atoms with Crippen molar-refractivity contribution >= 4 is 32.5 Å². The summed E-state index contributed by atoms with van der Waals surface area (Å²) >= 11 is 3.51. The van der Waals surface area contributed by atoms with E-state index in [1.165, 1.54) is 0 Å². The highest BCUT2D eigenvalue weighted by molar-refractivity contribution is 9.10. The summed E-state index contributed by atoms with van der Waals surface area (Å²) in [7, 11) is 0. The molecule has 1 saturated heterocycles. The van der Waals surface area contributed by atoms with Gasteiger partial charge in [0, 0.05) is 41.5 Å². The van der Waals surface area contributed by atoms with Crippen LogP contribution in [0.2, 0.25) is 0 Å². The van der Waals surface area contributed by atoms with Crippen LogP contribution in [0.3, 0.4) is 0 Å². The highest BCUT2D eigenvalue weighted by Crippen LogP contribution is 2.35. The van der Waals surface area contributed by atoms with Gasteiger partial charge in [-0.05, 0) is 24.6 Å². The summed E-state index contributed by atoms with van der Waals surface area (Å²) in [5, 5.41) is 1.04. The largest absolute Gasteiger partial charge is 0.369 e. The first kappa shape index (κ1) is 14.7. The molecule has 0 bridgehead atoms. The topological polar surface area (TPSA) is 16.1 Å². The summed E-state index contributed by atoms with van der Waals surface area (Å²) < 4.78 is 27.7. The van der Waals surface area contributed by atoms with Crippen molar-refractivity contribution in [3.05, 3.63) is 34.4 Å². The lowest BCUT2D eigenvalue weighted by molar-refractivity contribution is -0.0220. The van der Waals surface area contributed by atoms with Crippen LogP contribution in [0, 0.1) is 0 Å². The fourth-order valence-electron chi connectivity index (χ4n) is 2.73. The van der Waals surface area contributed by atoms with Crippen LogP contribution in [0.5, 0.6) is 0 Å². The van der Waals surface area contributed by atoms with Gasteiger partial charge in [0.05, 0.1) is 11.2 Å². The molecule has 1 aliphatic heterocycles.